The summed E-state index contributed by atoms with van der Waals surface area (Å²) in [7, 11) is 0. The molecule has 2 rings (SSSR count). The fourth-order valence-electron chi connectivity index (χ4n) is 3.93. The summed E-state index contributed by atoms with van der Waals surface area (Å²) in [5.41, 5.74) is -20.8. The van der Waals surface area contributed by atoms with Crippen LogP contribution >= 0.6 is 0 Å². The molecule has 31 heavy (non-hydrogen) atoms. The van der Waals surface area contributed by atoms with Gasteiger partial charge in [0.15, 0.2) is 5.67 Å². The molecular weight excluding hydrogens is 484 g/mol. The molecule has 16 heteroatoms. The zero-order valence-electron chi connectivity index (χ0n) is 14.5. The maximum absolute atomic E-state index is 15.3. The molecule has 3 unspecified atom stereocenters. The molecule has 3 atom stereocenters. The number of halogens is 16. The highest BCUT2D eigenvalue weighted by Gasteiger charge is 3.11. The molecule has 0 aromatic carbocycles. The molecule has 180 valence electrons. The van der Waals surface area contributed by atoms with E-state index in [4.69, 9.17) is 0 Å². The molecule has 0 aromatic heterocycles. The van der Waals surface area contributed by atoms with Crippen molar-refractivity contribution in [2.75, 3.05) is 0 Å². The highest BCUT2D eigenvalue weighted by Crippen LogP contribution is 2.83. The van der Waals surface area contributed by atoms with Gasteiger partial charge >= 0.3 is 41.5 Å². The fourth-order valence-corrected chi connectivity index (χ4v) is 3.93. The third kappa shape index (κ3) is 1.88. The van der Waals surface area contributed by atoms with E-state index in [2.05, 4.69) is 6.58 Å². The largest absolute Gasteiger partial charge is 0.381 e. The van der Waals surface area contributed by atoms with Crippen molar-refractivity contribution in [1.82, 2.24) is 0 Å². The average molecular weight is 492 g/mol. The lowest BCUT2D eigenvalue weighted by Crippen LogP contribution is -2.96. The summed E-state index contributed by atoms with van der Waals surface area (Å²) in [5.74, 6) is -54.0. The highest BCUT2D eigenvalue weighted by molar-refractivity contribution is 5.45. The number of allylic oxidation sites excluding steroid dienone is 3. The SMILES string of the molecule is C=C/C=C/C12C(C)(F)C(F)(F)C(F)(F)C(F)(F)C1(F)C(F)(F)C(F)(F)C(F)(F)C2(F)F. The number of fused-ring (bicyclic) bond motifs is 1. The molecule has 0 aromatic rings. The second-order valence-corrected chi connectivity index (χ2v) is 7.09. The van der Waals surface area contributed by atoms with E-state index in [9.17, 15) is 61.5 Å². The van der Waals surface area contributed by atoms with Crippen molar-refractivity contribution in [2.45, 2.75) is 59.7 Å². The Morgan fingerprint density at radius 1 is 0.484 bits per heavy atom. The summed E-state index contributed by atoms with van der Waals surface area (Å²) in [6.07, 6.45) is -1.99. The van der Waals surface area contributed by atoms with Gasteiger partial charge in [0.2, 0.25) is 0 Å². The molecule has 0 aliphatic heterocycles. The van der Waals surface area contributed by atoms with Gasteiger partial charge in [0.1, 0.15) is 5.41 Å². The average Bonchev–Trinajstić information content (AvgIpc) is 2.58. The highest BCUT2D eigenvalue weighted by atomic mass is 19.4. The Morgan fingerprint density at radius 3 is 1.16 bits per heavy atom. The lowest BCUT2D eigenvalue weighted by molar-refractivity contribution is -0.541. The second kappa shape index (κ2) is 5.64. The molecule has 0 spiro atoms. The molecule has 0 saturated heterocycles. The standard InChI is InChI=1S/C15H8F16/c1-3-4-5-7-6(2,16)9(18,19)13(26,27)11(22,23)8(7,17)12(24,25)15(30,31)14(28,29)10(7,20)21/h3-5H,1H2,2H3/b5-4+. The van der Waals surface area contributed by atoms with Crippen molar-refractivity contribution in [3.63, 3.8) is 0 Å². The van der Waals surface area contributed by atoms with Crippen molar-refractivity contribution >= 4 is 0 Å². The molecule has 2 saturated carbocycles. The third-order valence-electron chi connectivity index (χ3n) is 5.69. The van der Waals surface area contributed by atoms with E-state index in [-0.39, 0.29) is 6.08 Å². The van der Waals surface area contributed by atoms with Crippen molar-refractivity contribution in [3.05, 3.63) is 24.8 Å². The summed E-state index contributed by atoms with van der Waals surface area (Å²) in [6, 6.07) is 0. The third-order valence-corrected chi connectivity index (χ3v) is 5.69. The first-order chi connectivity index (χ1) is 13.3. The van der Waals surface area contributed by atoms with Crippen LogP contribution in [0.5, 0.6) is 0 Å². The van der Waals surface area contributed by atoms with Gasteiger partial charge in [-0.3, -0.25) is 0 Å². The number of hydrogen-bond donors (Lipinski definition) is 0. The minimum Gasteiger partial charge on any atom is -0.236 e. The van der Waals surface area contributed by atoms with Gasteiger partial charge in [-0.25, -0.2) is 8.78 Å². The van der Waals surface area contributed by atoms with Crippen LogP contribution in [-0.4, -0.2) is 52.8 Å². The summed E-state index contributed by atoms with van der Waals surface area (Å²) < 4.78 is 227. The monoisotopic (exact) mass is 492 g/mol. The maximum Gasteiger partial charge on any atom is 0.381 e. The molecule has 0 N–H and O–H groups in total. The fraction of sp³-hybridized carbons (Fsp3) is 0.733. The van der Waals surface area contributed by atoms with Gasteiger partial charge in [-0.15, -0.1) is 0 Å². The van der Waals surface area contributed by atoms with Crippen molar-refractivity contribution in [3.8, 4) is 0 Å². The van der Waals surface area contributed by atoms with Gasteiger partial charge in [0.25, 0.3) is 5.67 Å². The van der Waals surface area contributed by atoms with Crippen LogP contribution in [0, 0.1) is 5.41 Å². The van der Waals surface area contributed by atoms with Crippen LogP contribution in [0.3, 0.4) is 0 Å². The Hall–Kier alpha value is -1.64. The van der Waals surface area contributed by atoms with E-state index in [1.807, 2.05) is 0 Å². The molecule has 0 nitrogen and oxygen atoms in total. The Bertz CT molecular complexity index is 765. The second-order valence-electron chi connectivity index (χ2n) is 7.09. The predicted molar refractivity (Wildman–Crippen MR) is 69.8 cm³/mol. The minimum absolute atomic E-state index is 0.0204. The number of alkyl halides is 16. The van der Waals surface area contributed by atoms with Gasteiger partial charge in [-0.2, -0.15) is 61.5 Å². The molecule has 0 amide bonds. The first-order valence-corrected chi connectivity index (χ1v) is 7.64. The van der Waals surface area contributed by atoms with E-state index in [1.54, 1.807) is 0 Å². The van der Waals surface area contributed by atoms with E-state index in [1.165, 1.54) is 0 Å². The first kappa shape index (κ1) is 25.6. The van der Waals surface area contributed by atoms with E-state index < -0.39 is 77.3 Å². The Morgan fingerprint density at radius 2 is 0.806 bits per heavy atom. The molecule has 0 heterocycles. The number of hydrogen-bond acceptors (Lipinski definition) is 0. The molecule has 2 aliphatic carbocycles. The quantitative estimate of drug-likeness (QED) is 0.300. The van der Waals surface area contributed by atoms with Crippen LogP contribution in [0.2, 0.25) is 0 Å². The summed E-state index contributed by atoms with van der Waals surface area (Å²) >= 11 is 0. The van der Waals surface area contributed by atoms with Crippen LogP contribution < -0.4 is 0 Å². The van der Waals surface area contributed by atoms with Crippen LogP contribution in [-0.2, 0) is 0 Å². The molecule has 0 radical (unpaired) electrons. The predicted octanol–water partition coefficient (Wildman–Crippen LogP) is 6.63. The normalized spacial score (nSPS) is 43.3. The molecule has 2 aliphatic rings. The van der Waals surface area contributed by atoms with Crippen molar-refractivity contribution < 1.29 is 70.2 Å². The molecule has 2 fully saturated rings. The first-order valence-electron chi connectivity index (χ1n) is 7.64. The van der Waals surface area contributed by atoms with Gasteiger partial charge in [-0.1, -0.05) is 24.8 Å². The Balaban J connectivity index is 3.38. The number of rotatable bonds is 2. The zero-order chi connectivity index (χ0) is 25.1. The van der Waals surface area contributed by atoms with Crippen molar-refractivity contribution in [1.29, 1.82) is 0 Å². The van der Waals surface area contributed by atoms with Crippen LogP contribution in [0.4, 0.5) is 70.2 Å². The summed E-state index contributed by atoms with van der Waals surface area (Å²) in [5, 5.41) is 0. The Kier molecular flexibility index (Phi) is 4.66. The zero-order valence-corrected chi connectivity index (χ0v) is 14.5. The molecular formula is C15H8F16. The van der Waals surface area contributed by atoms with E-state index >= 15 is 8.78 Å². The lowest BCUT2D eigenvalue weighted by Gasteiger charge is -2.67. The summed E-state index contributed by atoms with van der Waals surface area (Å²) in [4.78, 5) is 0. The van der Waals surface area contributed by atoms with Gasteiger partial charge in [-0.05, 0) is 6.92 Å². The maximum atomic E-state index is 15.3. The van der Waals surface area contributed by atoms with Crippen molar-refractivity contribution in [2.24, 2.45) is 5.41 Å². The van der Waals surface area contributed by atoms with E-state index in [0.29, 0.717) is 0 Å². The molecule has 0 bridgehead atoms. The lowest BCUT2D eigenvalue weighted by atomic mass is 9.44. The van der Waals surface area contributed by atoms with E-state index in [0.717, 1.165) is 0 Å². The van der Waals surface area contributed by atoms with Crippen LogP contribution in [0.1, 0.15) is 6.92 Å². The summed E-state index contributed by atoms with van der Waals surface area (Å²) in [6.45, 7) is 1.30. The smallest absolute Gasteiger partial charge is 0.236 e. The minimum atomic E-state index is -7.95. The van der Waals surface area contributed by atoms with Gasteiger partial charge in [0.05, 0.1) is 0 Å². The van der Waals surface area contributed by atoms with Gasteiger partial charge < -0.3 is 0 Å². The van der Waals surface area contributed by atoms with Crippen LogP contribution in [0.15, 0.2) is 24.8 Å². The Labute approximate surface area is 161 Å². The topological polar surface area (TPSA) is 0 Å². The van der Waals surface area contributed by atoms with Gasteiger partial charge in [0, 0.05) is 0 Å². The van der Waals surface area contributed by atoms with Crippen LogP contribution in [0.25, 0.3) is 0 Å².